The third kappa shape index (κ3) is 10.8. The lowest BCUT2D eigenvalue weighted by atomic mass is 9.71. The van der Waals surface area contributed by atoms with Crippen molar-refractivity contribution < 1.29 is 0 Å². The molecule has 0 spiro atoms. The Morgan fingerprint density at radius 2 is 0.494 bits per heavy atom. The molecule has 0 saturated carbocycles. The lowest BCUT2D eigenvalue weighted by molar-refractivity contribution is 0.568. The van der Waals surface area contributed by atoms with Gasteiger partial charge in [0.2, 0.25) is 0 Å². The minimum atomic E-state index is -0.0827. The summed E-state index contributed by atoms with van der Waals surface area (Å²) in [4.78, 5) is 0. The SMILES string of the molecule is CC(C)(C)c1cc(-c2c3c(c(-c4cc(C(C)(C)C)cc(C(C)(C)C)c4)c4c2C2=CC=C5c6c(c(-c7cc(C(C)(C)C)cc(C(C)(C)C)c7)c7ccccccccc7c6-c6cc(C(C)(C)C)cc(C(C)(C)C)c6)C6=CC=C4C2C56)CC=C3)cc(C(C)(C)C)c1. The number of benzene rings is 6. The average molecular weight is 1170 g/mol. The van der Waals surface area contributed by atoms with E-state index in [9.17, 15) is 0 Å². The van der Waals surface area contributed by atoms with Gasteiger partial charge in [-0.15, -0.1) is 0 Å². The molecule has 5 aliphatic carbocycles. The van der Waals surface area contributed by atoms with E-state index in [4.69, 9.17) is 0 Å². The highest BCUT2D eigenvalue weighted by Crippen LogP contribution is 2.69. The monoisotopic (exact) mass is 1170 g/mol. The second-order valence-electron chi connectivity index (χ2n) is 35.5. The van der Waals surface area contributed by atoms with Gasteiger partial charge < -0.3 is 0 Å². The molecule has 89 heavy (non-hydrogen) atoms. The van der Waals surface area contributed by atoms with E-state index in [1.807, 2.05) is 0 Å². The molecule has 0 heterocycles. The van der Waals surface area contributed by atoms with Gasteiger partial charge in [-0.1, -0.05) is 324 Å². The Kier molecular flexibility index (Phi) is 14.5. The second kappa shape index (κ2) is 20.8. The Bertz CT molecular complexity index is 4230. The van der Waals surface area contributed by atoms with Crippen LogP contribution in [0.3, 0.4) is 0 Å². The lowest BCUT2D eigenvalue weighted by Crippen LogP contribution is -2.18. The van der Waals surface area contributed by atoms with Crippen molar-refractivity contribution in [3.63, 3.8) is 0 Å². The fourth-order valence-corrected chi connectivity index (χ4v) is 14.9. The van der Waals surface area contributed by atoms with Crippen molar-refractivity contribution in [1.29, 1.82) is 0 Å². The summed E-state index contributed by atoms with van der Waals surface area (Å²) in [5, 5.41) is 2.54. The predicted octanol–water partition coefficient (Wildman–Crippen LogP) is 25.1. The predicted molar refractivity (Wildman–Crippen MR) is 391 cm³/mol. The van der Waals surface area contributed by atoms with E-state index in [-0.39, 0.29) is 55.2 Å². The summed E-state index contributed by atoms with van der Waals surface area (Å²) in [6.45, 7) is 57.4. The van der Waals surface area contributed by atoms with Crippen LogP contribution in [-0.4, -0.2) is 0 Å². The Balaban J connectivity index is 1.29. The van der Waals surface area contributed by atoms with Gasteiger partial charge in [0, 0.05) is 11.8 Å². The van der Waals surface area contributed by atoms with E-state index in [1.165, 1.54) is 155 Å². The van der Waals surface area contributed by atoms with Crippen LogP contribution in [0.4, 0.5) is 0 Å². The maximum atomic E-state index is 2.63. The molecule has 7 aromatic carbocycles. The fourth-order valence-electron chi connectivity index (χ4n) is 14.9. The summed E-state index contributed by atoms with van der Waals surface area (Å²) >= 11 is 0. The Labute approximate surface area is 537 Å². The molecule has 0 aromatic heterocycles. The highest BCUT2D eigenvalue weighted by molar-refractivity contribution is 6.22. The summed E-state index contributed by atoms with van der Waals surface area (Å²) in [5.74, 6) is 0.163. The molecule has 2 unspecified atom stereocenters. The molecule has 0 amide bonds. The lowest BCUT2D eigenvalue weighted by Gasteiger charge is -2.31. The van der Waals surface area contributed by atoms with Crippen molar-refractivity contribution in [2.45, 2.75) is 216 Å². The van der Waals surface area contributed by atoms with Crippen LogP contribution < -0.4 is 0 Å². The number of rotatable bonds is 4. The molecule has 2 atom stereocenters. The van der Waals surface area contributed by atoms with Crippen LogP contribution in [0.25, 0.3) is 83.6 Å². The number of hydrogen-bond acceptors (Lipinski definition) is 0. The number of hydrogen-bond donors (Lipinski definition) is 0. The molecule has 5 aliphatic rings. The normalized spacial score (nSPS) is 17.2. The zero-order chi connectivity index (χ0) is 64.4. The molecular weight excluding hydrogens is 1070 g/mol. The van der Waals surface area contributed by atoms with Crippen LogP contribution in [0.2, 0.25) is 0 Å². The molecule has 0 heteroatoms. The first-order valence-corrected chi connectivity index (χ1v) is 33.5. The summed E-state index contributed by atoms with van der Waals surface area (Å²) < 4.78 is 0. The highest BCUT2D eigenvalue weighted by atomic mass is 14.5. The molecule has 0 radical (unpaired) electrons. The van der Waals surface area contributed by atoms with Crippen LogP contribution in [0.5, 0.6) is 0 Å². The van der Waals surface area contributed by atoms with Crippen LogP contribution in [0.1, 0.15) is 244 Å². The Morgan fingerprint density at radius 1 is 0.258 bits per heavy atom. The summed E-state index contributed by atoms with van der Waals surface area (Å²) in [6.07, 6.45) is 16.4. The van der Waals surface area contributed by atoms with E-state index in [0.29, 0.717) is 0 Å². The van der Waals surface area contributed by atoms with Gasteiger partial charge in [0.1, 0.15) is 0 Å². The first-order chi connectivity index (χ1) is 41.2. The molecule has 0 fully saturated rings. The number of allylic oxidation sites excluding steroid dienone is 9. The standard InChI is InChI=1S/C89H102/c1-82(2,3)56-40-52(41-57(48-56)83(4,5)6)72-64-32-29-27-25-26-28-30-33-65(64)73(53-42-58(84(7,8)9)49-59(43-53)85(10,11)12)79-69-37-39-71-77-70(38-36-68(76(69)77)78(72)79)80-74(54-44-60(86(13,14)15)50-61(45-54)87(16,17)18)66-34-31-35-67(66)75(81(71)80)55-46-62(88(19,20)21)51-63(47-55)89(22,23)24/h25-34,36-51,76-77H,35H2,1-24H3. The number of fused-ring (bicyclic) bond motifs is 8. The van der Waals surface area contributed by atoms with Crippen molar-refractivity contribution in [3.8, 4) is 44.5 Å². The van der Waals surface area contributed by atoms with Gasteiger partial charge in [0.25, 0.3) is 0 Å². The van der Waals surface area contributed by atoms with Gasteiger partial charge >= 0.3 is 0 Å². The van der Waals surface area contributed by atoms with E-state index in [1.54, 1.807) is 0 Å². The molecule has 0 nitrogen and oxygen atoms in total. The van der Waals surface area contributed by atoms with Gasteiger partial charge in [0.15, 0.2) is 0 Å². The maximum absolute atomic E-state index is 2.63. The van der Waals surface area contributed by atoms with Gasteiger partial charge in [-0.25, -0.2) is 0 Å². The molecule has 0 N–H and O–H groups in total. The molecule has 458 valence electrons. The van der Waals surface area contributed by atoms with Crippen molar-refractivity contribution in [3.05, 3.63) is 230 Å². The molecule has 12 rings (SSSR count). The van der Waals surface area contributed by atoms with Crippen LogP contribution in [0, 0.1) is 11.8 Å². The molecule has 0 aliphatic heterocycles. The van der Waals surface area contributed by atoms with E-state index >= 15 is 0 Å². The first-order valence-electron chi connectivity index (χ1n) is 33.5. The quantitative estimate of drug-likeness (QED) is 0.165. The third-order valence-corrected chi connectivity index (χ3v) is 20.4. The van der Waals surface area contributed by atoms with Gasteiger partial charge in [0.05, 0.1) is 0 Å². The highest BCUT2D eigenvalue weighted by Gasteiger charge is 2.52. The molecular formula is C89H102. The zero-order valence-electron chi connectivity index (χ0n) is 58.9. The van der Waals surface area contributed by atoms with Crippen LogP contribution in [0.15, 0.2) is 152 Å². The third-order valence-electron chi connectivity index (χ3n) is 20.4. The summed E-state index contributed by atoms with van der Waals surface area (Å²) in [6, 6.07) is 48.8. The maximum Gasteiger partial charge on any atom is 0.0212 e. The average Bonchev–Trinajstić information content (AvgIpc) is 1.53. The molecule has 0 bridgehead atoms. The Hall–Kier alpha value is -7.02. The first kappa shape index (κ1) is 62.2. The van der Waals surface area contributed by atoms with Crippen molar-refractivity contribution in [1.82, 2.24) is 0 Å². The van der Waals surface area contributed by atoms with Gasteiger partial charge in [-0.05, 0) is 205 Å². The minimum absolute atomic E-state index is 0.0497. The molecule has 0 saturated heterocycles. The smallest absolute Gasteiger partial charge is 0.0212 e. The van der Waals surface area contributed by atoms with Crippen molar-refractivity contribution in [2.75, 3.05) is 0 Å². The van der Waals surface area contributed by atoms with Crippen LogP contribution >= 0.6 is 0 Å². The van der Waals surface area contributed by atoms with Crippen molar-refractivity contribution >= 4 is 39.1 Å². The van der Waals surface area contributed by atoms with Crippen molar-refractivity contribution in [2.24, 2.45) is 11.8 Å². The zero-order valence-corrected chi connectivity index (χ0v) is 58.9. The van der Waals surface area contributed by atoms with Gasteiger partial charge in [-0.3, -0.25) is 0 Å². The summed E-state index contributed by atoms with van der Waals surface area (Å²) in [5.41, 5.74) is 35.5. The fraction of sp³-hybridized carbons (Fsp3) is 0.393. The van der Waals surface area contributed by atoms with Gasteiger partial charge in [-0.2, -0.15) is 0 Å². The minimum Gasteiger partial charge on any atom is -0.0795 e. The topological polar surface area (TPSA) is 0 Å². The summed E-state index contributed by atoms with van der Waals surface area (Å²) in [7, 11) is 0. The molecule has 7 aromatic rings. The van der Waals surface area contributed by atoms with Crippen LogP contribution in [-0.2, 0) is 49.7 Å². The second-order valence-corrected chi connectivity index (χ2v) is 35.5. The van der Waals surface area contributed by atoms with E-state index < -0.39 is 0 Å². The largest absolute Gasteiger partial charge is 0.0795 e. The Morgan fingerprint density at radius 3 is 0.775 bits per heavy atom. The van der Waals surface area contributed by atoms with E-state index in [2.05, 4.69) is 324 Å². The van der Waals surface area contributed by atoms with E-state index in [0.717, 1.165) is 6.42 Å².